The topological polar surface area (TPSA) is 91.4 Å². The zero-order valence-electron chi connectivity index (χ0n) is 14.7. The third kappa shape index (κ3) is 5.18. The molecule has 9 heteroatoms. The van der Waals surface area contributed by atoms with Gasteiger partial charge in [0.1, 0.15) is 5.15 Å². The molecule has 0 unspecified atom stereocenters. The zero-order chi connectivity index (χ0) is 19.3. The highest BCUT2D eigenvalue weighted by Crippen LogP contribution is 2.22. The van der Waals surface area contributed by atoms with Crippen molar-refractivity contribution in [1.29, 1.82) is 0 Å². The normalized spacial score (nSPS) is 15.3. The highest BCUT2D eigenvalue weighted by atomic mass is 35.5. The Balaban J connectivity index is 1.63. The van der Waals surface area contributed by atoms with E-state index in [1.807, 2.05) is 0 Å². The first-order chi connectivity index (χ1) is 12.9. The van der Waals surface area contributed by atoms with Crippen LogP contribution in [-0.2, 0) is 16.6 Å². The number of carbonyl (C=O) groups is 1. The van der Waals surface area contributed by atoms with Gasteiger partial charge < -0.3 is 10.6 Å². The average Bonchev–Trinajstić information content (AvgIpc) is 2.68. The number of hydrogen-bond donors (Lipinski definition) is 2. The number of hydrogen-bond acceptors (Lipinski definition) is 4. The van der Waals surface area contributed by atoms with Crippen molar-refractivity contribution in [2.75, 3.05) is 18.4 Å². The number of piperidine rings is 1. The van der Waals surface area contributed by atoms with E-state index in [4.69, 9.17) is 11.6 Å². The number of aromatic nitrogens is 1. The first kappa shape index (κ1) is 19.6. The van der Waals surface area contributed by atoms with E-state index in [1.54, 1.807) is 36.5 Å². The predicted octanol–water partition coefficient (Wildman–Crippen LogP) is 3.23. The Morgan fingerprint density at radius 1 is 1.15 bits per heavy atom. The number of anilines is 1. The summed E-state index contributed by atoms with van der Waals surface area (Å²) in [6.45, 7) is 1.35. The number of carbonyl (C=O) groups excluding carboxylic acids is 1. The molecule has 1 saturated heterocycles. The van der Waals surface area contributed by atoms with Crippen molar-refractivity contribution in [3.63, 3.8) is 0 Å². The van der Waals surface area contributed by atoms with Crippen LogP contribution in [0.1, 0.15) is 24.8 Å². The second-order valence-electron chi connectivity index (χ2n) is 6.29. The van der Waals surface area contributed by atoms with Crippen LogP contribution < -0.4 is 10.6 Å². The van der Waals surface area contributed by atoms with E-state index in [0.29, 0.717) is 23.9 Å². The quantitative estimate of drug-likeness (QED) is 0.743. The van der Waals surface area contributed by atoms with Gasteiger partial charge in [-0.05, 0) is 42.7 Å². The van der Waals surface area contributed by atoms with Crippen molar-refractivity contribution in [3.05, 3.63) is 53.3 Å². The maximum Gasteiger partial charge on any atom is 0.319 e. The Bertz CT molecular complexity index is 897. The number of sulfonamides is 1. The SMILES string of the molecule is O=C(NCc1ccc(Cl)nc1)Nc1cccc(S(=O)(=O)N2CCCCC2)c1. The third-order valence-electron chi connectivity index (χ3n) is 4.29. The van der Waals surface area contributed by atoms with Gasteiger partial charge in [-0.25, -0.2) is 18.2 Å². The van der Waals surface area contributed by atoms with Crippen LogP contribution in [-0.4, -0.2) is 36.8 Å². The average molecular weight is 409 g/mol. The second-order valence-corrected chi connectivity index (χ2v) is 8.61. The fourth-order valence-corrected chi connectivity index (χ4v) is 4.53. The minimum absolute atomic E-state index is 0.184. The van der Waals surface area contributed by atoms with E-state index in [9.17, 15) is 13.2 Å². The predicted molar refractivity (Wildman–Crippen MR) is 104 cm³/mol. The second kappa shape index (κ2) is 8.69. The molecule has 144 valence electrons. The fourth-order valence-electron chi connectivity index (χ4n) is 2.86. The van der Waals surface area contributed by atoms with Crippen LogP contribution in [0.2, 0.25) is 5.15 Å². The van der Waals surface area contributed by atoms with E-state index < -0.39 is 16.1 Å². The van der Waals surface area contributed by atoms with Gasteiger partial charge in [-0.15, -0.1) is 0 Å². The van der Waals surface area contributed by atoms with Gasteiger partial charge in [0.2, 0.25) is 10.0 Å². The van der Waals surface area contributed by atoms with Crippen molar-refractivity contribution >= 4 is 33.3 Å². The molecule has 0 bridgehead atoms. The molecular formula is C18H21ClN4O3S. The van der Waals surface area contributed by atoms with Crippen LogP contribution in [0.15, 0.2) is 47.5 Å². The lowest BCUT2D eigenvalue weighted by Gasteiger charge is -2.26. The summed E-state index contributed by atoms with van der Waals surface area (Å²) in [5.41, 5.74) is 1.22. The molecule has 1 aliphatic rings. The number of amides is 2. The molecule has 2 amide bonds. The van der Waals surface area contributed by atoms with E-state index in [1.165, 1.54) is 10.4 Å². The monoisotopic (exact) mass is 408 g/mol. The van der Waals surface area contributed by atoms with Gasteiger partial charge in [0, 0.05) is 31.5 Å². The minimum Gasteiger partial charge on any atom is -0.334 e. The number of halogens is 1. The summed E-state index contributed by atoms with van der Waals surface area (Å²) in [7, 11) is -3.54. The summed E-state index contributed by atoms with van der Waals surface area (Å²) in [6.07, 6.45) is 4.38. The van der Waals surface area contributed by atoms with Gasteiger partial charge in [0.15, 0.2) is 0 Å². The first-order valence-corrected chi connectivity index (χ1v) is 10.5. The summed E-state index contributed by atoms with van der Waals surface area (Å²) in [4.78, 5) is 16.2. The number of nitrogens with one attached hydrogen (secondary N) is 2. The summed E-state index contributed by atoms with van der Waals surface area (Å²) < 4.78 is 27.0. The summed E-state index contributed by atoms with van der Waals surface area (Å²) >= 11 is 5.73. The molecule has 1 aliphatic heterocycles. The Hall–Kier alpha value is -2.16. The maximum absolute atomic E-state index is 12.7. The van der Waals surface area contributed by atoms with Gasteiger partial charge in [-0.3, -0.25) is 0 Å². The van der Waals surface area contributed by atoms with E-state index in [0.717, 1.165) is 24.8 Å². The molecule has 3 rings (SSSR count). The van der Waals surface area contributed by atoms with Crippen LogP contribution in [0.25, 0.3) is 0 Å². The molecule has 2 N–H and O–H groups in total. The molecular weight excluding hydrogens is 388 g/mol. The van der Waals surface area contributed by atoms with Gasteiger partial charge >= 0.3 is 6.03 Å². The Labute approximate surface area is 163 Å². The Morgan fingerprint density at radius 2 is 1.93 bits per heavy atom. The zero-order valence-corrected chi connectivity index (χ0v) is 16.3. The molecule has 2 heterocycles. The van der Waals surface area contributed by atoms with Crippen molar-refractivity contribution in [2.24, 2.45) is 0 Å². The maximum atomic E-state index is 12.7. The molecule has 0 aliphatic carbocycles. The Kier molecular flexibility index (Phi) is 6.30. The highest BCUT2D eigenvalue weighted by molar-refractivity contribution is 7.89. The number of urea groups is 1. The number of pyridine rings is 1. The lowest BCUT2D eigenvalue weighted by Crippen LogP contribution is -2.35. The van der Waals surface area contributed by atoms with Crippen molar-refractivity contribution in [2.45, 2.75) is 30.7 Å². The first-order valence-electron chi connectivity index (χ1n) is 8.71. The molecule has 1 fully saturated rings. The standard InChI is InChI=1S/C18H21ClN4O3S/c19-17-8-7-14(12-20-17)13-21-18(24)22-15-5-4-6-16(11-15)27(25,26)23-9-2-1-3-10-23/h4-8,11-12H,1-3,9-10,13H2,(H2,21,22,24). The molecule has 0 atom stereocenters. The minimum atomic E-state index is -3.54. The van der Waals surface area contributed by atoms with Crippen molar-refractivity contribution < 1.29 is 13.2 Å². The molecule has 27 heavy (non-hydrogen) atoms. The molecule has 0 saturated carbocycles. The Morgan fingerprint density at radius 3 is 2.63 bits per heavy atom. The molecule has 0 spiro atoms. The largest absolute Gasteiger partial charge is 0.334 e. The highest BCUT2D eigenvalue weighted by Gasteiger charge is 2.26. The summed E-state index contributed by atoms with van der Waals surface area (Å²) in [5.74, 6) is 0. The smallest absolute Gasteiger partial charge is 0.319 e. The van der Waals surface area contributed by atoms with Gasteiger partial charge in [-0.2, -0.15) is 4.31 Å². The van der Waals surface area contributed by atoms with Crippen LogP contribution in [0.5, 0.6) is 0 Å². The van der Waals surface area contributed by atoms with E-state index >= 15 is 0 Å². The molecule has 0 radical (unpaired) electrons. The van der Waals surface area contributed by atoms with E-state index in [-0.39, 0.29) is 11.4 Å². The number of benzene rings is 1. The van der Waals surface area contributed by atoms with Gasteiger partial charge in [0.25, 0.3) is 0 Å². The third-order valence-corrected chi connectivity index (χ3v) is 6.40. The number of rotatable bonds is 5. The van der Waals surface area contributed by atoms with Crippen LogP contribution in [0, 0.1) is 0 Å². The van der Waals surface area contributed by atoms with Crippen molar-refractivity contribution in [1.82, 2.24) is 14.6 Å². The van der Waals surface area contributed by atoms with Gasteiger partial charge in [0.05, 0.1) is 4.90 Å². The summed E-state index contributed by atoms with van der Waals surface area (Å²) in [6, 6.07) is 9.28. The van der Waals surface area contributed by atoms with Crippen LogP contribution >= 0.6 is 11.6 Å². The summed E-state index contributed by atoms with van der Waals surface area (Å²) in [5, 5.41) is 5.74. The molecule has 7 nitrogen and oxygen atoms in total. The number of nitrogens with zero attached hydrogens (tertiary/aromatic N) is 2. The molecule has 1 aromatic carbocycles. The van der Waals surface area contributed by atoms with Gasteiger partial charge in [-0.1, -0.05) is 30.2 Å². The van der Waals surface area contributed by atoms with Crippen LogP contribution in [0.3, 0.4) is 0 Å². The lowest BCUT2D eigenvalue weighted by molar-refractivity contribution is 0.251. The van der Waals surface area contributed by atoms with Crippen molar-refractivity contribution in [3.8, 4) is 0 Å². The lowest BCUT2D eigenvalue weighted by atomic mass is 10.2. The van der Waals surface area contributed by atoms with Crippen LogP contribution in [0.4, 0.5) is 10.5 Å². The fraction of sp³-hybridized carbons (Fsp3) is 0.333. The molecule has 2 aromatic rings. The van der Waals surface area contributed by atoms with E-state index in [2.05, 4.69) is 15.6 Å². The molecule has 1 aromatic heterocycles.